The van der Waals surface area contributed by atoms with Gasteiger partial charge in [0.25, 0.3) is 0 Å². The van der Waals surface area contributed by atoms with Crippen molar-refractivity contribution < 1.29 is 28.2 Å². The number of carbonyl (C=O) groups is 2. The molecule has 0 heterocycles. The summed E-state index contributed by atoms with van der Waals surface area (Å²) < 4.78 is 28.1. The van der Waals surface area contributed by atoms with Crippen LogP contribution in [0.5, 0.6) is 5.75 Å². The first-order chi connectivity index (χ1) is 8.47. The summed E-state index contributed by atoms with van der Waals surface area (Å²) in [6, 6.07) is 3.58. The topological polar surface area (TPSA) is 87.4 Å². The van der Waals surface area contributed by atoms with Crippen LogP contribution in [0.3, 0.4) is 0 Å². The lowest BCUT2D eigenvalue weighted by atomic mass is 9.99. The second kappa shape index (κ2) is 5.72. The van der Waals surface area contributed by atoms with Crippen molar-refractivity contribution in [2.24, 2.45) is 0 Å². The minimum Gasteiger partial charge on any atom is -0.481 e. The van der Waals surface area contributed by atoms with Crippen molar-refractivity contribution in [2.75, 3.05) is 0 Å². The van der Waals surface area contributed by atoms with Gasteiger partial charge in [-0.1, -0.05) is 0 Å². The molecular formula is C11H7F2NO4. The van der Waals surface area contributed by atoms with Gasteiger partial charge in [-0.15, -0.1) is 0 Å². The number of carboxylic acids is 1. The third kappa shape index (κ3) is 3.25. The number of nitriles is 1. The Morgan fingerprint density at radius 2 is 2.22 bits per heavy atom. The summed E-state index contributed by atoms with van der Waals surface area (Å²) in [6.07, 6.45) is -0.261. The first-order valence-corrected chi connectivity index (χ1v) is 4.66. The van der Waals surface area contributed by atoms with Gasteiger partial charge in [-0.2, -0.15) is 14.0 Å². The second-order valence-electron chi connectivity index (χ2n) is 3.22. The molecule has 0 bridgehead atoms. The Bertz CT molecular complexity index is 523. The Hall–Kier alpha value is -2.49. The zero-order valence-electron chi connectivity index (χ0n) is 8.89. The summed E-state index contributed by atoms with van der Waals surface area (Å²) in [6.45, 7) is -3.10. The van der Waals surface area contributed by atoms with Gasteiger partial charge in [0.2, 0.25) is 0 Å². The highest BCUT2D eigenvalue weighted by Gasteiger charge is 2.15. The van der Waals surface area contributed by atoms with Gasteiger partial charge >= 0.3 is 12.6 Å². The van der Waals surface area contributed by atoms with Crippen molar-refractivity contribution in [2.45, 2.75) is 13.0 Å². The number of benzene rings is 1. The predicted octanol–water partition coefficient (Wildman–Crippen LogP) is 1.60. The number of hydrogen-bond donors (Lipinski definition) is 1. The highest BCUT2D eigenvalue weighted by Crippen LogP contribution is 2.23. The first-order valence-electron chi connectivity index (χ1n) is 4.66. The van der Waals surface area contributed by atoms with E-state index in [0.29, 0.717) is 0 Å². The zero-order chi connectivity index (χ0) is 13.7. The molecule has 18 heavy (non-hydrogen) atoms. The molecule has 0 unspecified atom stereocenters. The van der Waals surface area contributed by atoms with E-state index in [4.69, 9.17) is 10.4 Å². The lowest BCUT2D eigenvalue weighted by molar-refractivity contribution is -0.136. The molecule has 0 amide bonds. The molecule has 5 nitrogen and oxygen atoms in total. The third-order valence-electron chi connectivity index (χ3n) is 2.06. The lowest BCUT2D eigenvalue weighted by Gasteiger charge is -2.09. The molecule has 0 atom stereocenters. The van der Waals surface area contributed by atoms with Crippen LogP contribution in [-0.2, 0) is 11.2 Å². The maximum absolute atomic E-state index is 12.0. The molecule has 7 heteroatoms. The molecule has 0 fully saturated rings. The van der Waals surface area contributed by atoms with E-state index in [9.17, 15) is 18.4 Å². The maximum Gasteiger partial charge on any atom is 0.387 e. The number of halogens is 2. The van der Waals surface area contributed by atoms with E-state index in [1.165, 1.54) is 0 Å². The van der Waals surface area contributed by atoms with E-state index in [1.54, 1.807) is 6.07 Å². The quantitative estimate of drug-likeness (QED) is 0.807. The van der Waals surface area contributed by atoms with Crippen LogP contribution >= 0.6 is 0 Å². The van der Waals surface area contributed by atoms with E-state index in [0.717, 1.165) is 12.1 Å². The van der Waals surface area contributed by atoms with E-state index in [-0.39, 0.29) is 28.7 Å². The smallest absolute Gasteiger partial charge is 0.387 e. The molecule has 0 saturated heterocycles. The number of carboxylic acid groups (broad SMARTS) is 1. The van der Waals surface area contributed by atoms with Crippen LogP contribution in [0.15, 0.2) is 12.1 Å². The van der Waals surface area contributed by atoms with Gasteiger partial charge < -0.3 is 9.84 Å². The largest absolute Gasteiger partial charge is 0.481 e. The number of aliphatic carboxylic acids is 1. The van der Waals surface area contributed by atoms with Crippen molar-refractivity contribution in [1.82, 2.24) is 0 Å². The third-order valence-corrected chi connectivity index (χ3v) is 2.06. The molecule has 0 radical (unpaired) electrons. The lowest BCUT2D eigenvalue weighted by Crippen LogP contribution is -2.08. The number of rotatable bonds is 5. The molecule has 0 saturated carbocycles. The number of ether oxygens (including phenoxy) is 1. The Morgan fingerprint density at radius 3 is 2.67 bits per heavy atom. The SMILES string of the molecule is N#Cc1cc(OC(F)F)cc(C=O)c1CC(=O)O. The van der Waals surface area contributed by atoms with Crippen LogP contribution in [0, 0.1) is 11.3 Å². The van der Waals surface area contributed by atoms with E-state index >= 15 is 0 Å². The van der Waals surface area contributed by atoms with Gasteiger partial charge in [0, 0.05) is 5.56 Å². The van der Waals surface area contributed by atoms with E-state index in [2.05, 4.69) is 4.74 Å². The molecule has 1 rings (SSSR count). The van der Waals surface area contributed by atoms with Crippen molar-refractivity contribution in [3.8, 4) is 11.8 Å². The van der Waals surface area contributed by atoms with Crippen LogP contribution in [0.2, 0.25) is 0 Å². The molecule has 1 N–H and O–H groups in total. The van der Waals surface area contributed by atoms with Crippen LogP contribution in [0.4, 0.5) is 8.78 Å². The first kappa shape index (κ1) is 13.6. The van der Waals surface area contributed by atoms with Crippen LogP contribution in [-0.4, -0.2) is 24.0 Å². The molecule has 1 aromatic rings. The average Bonchev–Trinajstić information content (AvgIpc) is 2.29. The molecule has 0 spiro atoms. The molecule has 0 aromatic heterocycles. The number of nitrogens with zero attached hydrogens (tertiary/aromatic N) is 1. The summed E-state index contributed by atoms with van der Waals surface area (Å²) in [4.78, 5) is 21.4. The van der Waals surface area contributed by atoms with E-state index in [1.807, 2.05) is 0 Å². The Kier molecular flexibility index (Phi) is 4.32. The fourth-order valence-electron chi connectivity index (χ4n) is 1.39. The fourth-order valence-corrected chi connectivity index (χ4v) is 1.39. The molecule has 94 valence electrons. The number of hydrogen-bond acceptors (Lipinski definition) is 4. The van der Waals surface area contributed by atoms with Gasteiger partial charge in [0.05, 0.1) is 18.1 Å². The normalized spacial score (nSPS) is 9.89. The highest BCUT2D eigenvalue weighted by atomic mass is 19.3. The number of alkyl halides is 2. The van der Waals surface area contributed by atoms with Crippen LogP contribution in [0.25, 0.3) is 0 Å². The predicted molar refractivity (Wildman–Crippen MR) is 54.5 cm³/mol. The summed E-state index contributed by atoms with van der Waals surface area (Å²) in [5.41, 5.74) is -0.369. The van der Waals surface area contributed by atoms with Crippen molar-refractivity contribution in [3.05, 3.63) is 28.8 Å². The van der Waals surface area contributed by atoms with Crippen LogP contribution < -0.4 is 4.74 Å². The second-order valence-corrected chi connectivity index (χ2v) is 3.22. The van der Waals surface area contributed by atoms with E-state index < -0.39 is 19.0 Å². The summed E-state index contributed by atoms with van der Waals surface area (Å²) in [7, 11) is 0. The standard InChI is InChI=1S/C11H7F2NO4/c12-11(13)18-8-1-6(4-14)9(3-10(16)17)7(2-8)5-15/h1-2,5,11H,3H2,(H,16,17). The zero-order valence-corrected chi connectivity index (χ0v) is 8.89. The fraction of sp³-hybridized carbons (Fsp3) is 0.182. The van der Waals surface area contributed by atoms with Gasteiger partial charge in [-0.3, -0.25) is 9.59 Å². The van der Waals surface area contributed by atoms with Gasteiger partial charge in [0.1, 0.15) is 5.75 Å². The average molecular weight is 255 g/mol. The molecule has 1 aromatic carbocycles. The number of carbonyl (C=O) groups excluding carboxylic acids is 1. The summed E-state index contributed by atoms with van der Waals surface area (Å²) in [5.74, 6) is -1.60. The summed E-state index contributed by atoms with van der Waals surface area (Å²) >= 11 is 0. The molecule has 0 aliphatic heterocycles. The van der Waals surface area contributed by atoms with Gasteiger partial charge in [-0.05, 0) is 17.7 Å². The highest BCUT2D eigenvalue weighted by molar-refractivity contribution is 5.83. The van der Waals surface area contributed by atoms with Crippen molar-refractivity contribution in [3.63, 3.8) is 0 Å². The minimum atomic E-state index is -3.10. The molecule has 0 aliphatic rings. The maximum atomic E-state index is 12.0. The monoisotopic (exact) mass is 255 g/mol. The van der Waals surface area contributed by atoms with Crippen LogP contribution in [0.1, 0.15) is 21.5 Å². The molecule has 0 aliphatic carbocycles. The van der Waals surface area contributed by atoms with Gasteiger partial charge in [-0.25, -0.2) is 0 Å². The number of aldehydes is 1. The Labute approximate surface area is 100 Å². The Morgan fingerprint density at radius 1 is 1.56 bits per heavy atom. The van der Waals surface area contributed by atoms with Gasteiger partial charge in [0.15, 0.2) is 6.29 Å². The minimum absolute atomic E-state index is 0.0263. The summed E-state index contributed by atoms with van der Waals surface area (Å²) in [5, 5.41) is 17.5. The Balaban J connectivity index is 3.30. The van der Waals surface area contributed by atoms with Crippen molar-refractivity contribution >= 4 is 12.3 Å². The molecular weight excluding hydrogens is 248 g/mol. The van der Waals surface area contributed by atoms with Crippen molar-refractivity contribution in [1.29, 1.82) is 5.26 Å².